The van der Waals surface area contributed by atoms with Crippen molar-refractivity contribution in [3.05, 3.63) is 98.8 Å². The molecule has 3 atom stereocenters. The van der Waals surface area contributed by atoms with Crippen LogP contribution >= 0.6 is 0 Å². The number of nitro groups is 1. The van der Waals surface area contributed by atoms with Crippen molar-refractivity contribution >= 4 is 17.3 Å². The second-order valence-electron chi connectivity index (χ2n) is 10.1. The van der Waals surface area contributed by atoms with Gasteiger partial charge in [0.1, 0.15) is 23.9 Å². The van der Waals surface area contributed by atoms with E-state index in [1.165, 1.54) is 24.3 Å². The third-order valence-electron chi connectivity index (χ3n) is 6.87. The Morgan fingerprint density at radius 2 is 1.84 bits per heavy atom. The molecule has 2 heterocycles. The van der Waals surface area contributed by atoms with E-state index in [-0.39, 0.29) is 24.5 Å². The van der Waals surface area contributed by atoms with Crippen LogP contribution in [0.25, 0.3) is 0 Å². The number of hydrogen-bond donors (Lipinski definition) is 0. The molecule has 198 valence electrons. The number of esters is 1. The topological polar surface area (TPSA) is 91.1 Å². The number of fused-ring (bicyclic) bond motifs is 1. The molecule has 1 saturated heterocycles. The molecule has 3 aromatic carbocycles. The second-order valence-corrected chi connectivity index (χ2v) is 10.1. The molecule has 0 bridgehead atoms. The van der Waals surface area contributed by atoms with E-state index >= 15 is 0 Å². The Labute approximate surface area is 220 Å². The minimum absolute atomic E-state index is 0.0511. The van der Waals surface area contributed by atoms with E-state index in [0.717, 1.165) is 12.0 Å². The van der Waals surface area contributed by atoms with Gasteiger partial charge in [-0.15, -0.1) is 0 Å². The SMILES string of the molecule is C[C@H]1C[C@H](C)CN(c2ccc(C(=O)OCc3cc(F)cc4c3O[C@@H](c3ccccc3)OC4)cc2[N+](=O)[O-])C1. The number of halogens is 1. The van der Waals surface area contributed by atoms with Crippen molar-refractivity contribution < 1.29 is 28.3 Å². The van der Waals surface area contributed by atoms with Gasteiger partial charge >= 0.3 is 5.97 Å². The molecule has 0 aliphatic carbocycles. The maximum absolute atomic E-state index is 14.3. The molecule has 2 aliphatic rings. The fourth-order valence-corrected chi connectivity index (χ4v) is 5.31. The summed E-state index contributed by atoms with van der Waals surface area (Å²) in [5, 5.41) is 11.9. The van der Waals surface area contributed by atoms with E-state index in [1.807, 2.05) is 35.2 Å². The lowest BCUT2D eigenvalue weighted by atomic mass is 9.91. The van der Waals surface area contributed by atoms with Crippen LogP contribution in [-0.2, 0) is 22.7 Å². The van der Waals surface area contributed by atoms with Gasteiger partial charge in [0.2, 0.25) is 6.29 Å². The number of carbonyl (C=O) groups excluding carboxylic acids is 1. The molecule has 2 aliphatic heterocycles. The van der Waals surface area contributed by atoms with Gasteiger partial charge < -0.3 is 19.1 Å². The normalized spacial score (nSPS) is 20.8. The highest BCUT2D eigenvalue weighted by Gasteiger charge is 2.29. The molecule has 5 rings (SSSR count). The maximum Gasteiger partial charge on any atom is 0.338 e. The number of hydrogen-bond acceptors (Lipinski definition) is 7. The summed E-state index contributed by atoms with van der Waals surface area (Å²) in [6.45, 7) is 5.55. The Hall–Kier alpha value is -3.98. The molecular weight excluding hydrogens is 491 g/mol. The molecule has 0 N–H and O–H groups in total. The van der Waals surface area contributed by atoms with E-state index < -0.39 is 23.0 Å². The molecule has 38 heavy (non-hydrogen) atoms. The Kier molecular flexibility index (Phi) is 7.28. The molecule has 3 aromatic rings. The van der Waals surface area contributed by atoms with Crippen molar-refractivity contribution in [3.8, 4) is 5.75 Å². The maximum atomic E-state index is 14.3. The summed E-state index contributed by atoms with van der Waals surface area (Å²) in [4.78, 5) is 26.3. The van der Waals surface area contributed by atoms with Gasteiger partial charge in [0.25, 0.3) is 5.69 Å². The standard InChI is InChI=1S/C29H29FN2O6/c1-18-10-19(2)15-31(14-18)25-9-8-21(13-26(25)32(34)35)28(33)36-16-22-11-24(30)12-23-17-37-29(38-27(22)23)20-6-4-3-5-7-20/h3-9,11-13,18-19,29H,10,14-17H2,1-2H3/t18-,19-,29-/m0/s1. The fourth-order valence-electron chi connectivity index (χ4n) is 5.31. The summed E-state index contributed by atoms with van der Waals surface area (Å²) in [5.41, 5.74) is 2.05. The average Bonchev–Trinajstić information content (AvgIpc) is 2.90. The molecule has 0 aromatic heterocycles. The average molecular weight is 521 g/mol. The van der Waals surface area contributed by atoms with Gasteiger partial charge in [0.15, 0.2) is 0 Å². The summed E-state index contributed by atoms with van der Waals surface area (Å²) in [7, 11) is 0. The van der Waals surface area contributed by atoms with Gasteiger partial charge in [-0.05, 0) is 42.5 Å². The van der Waals surface area contributed by atoms with Gasteiger partial charge in [0, 0.05) is 35.8 Å². The molecule has 9 heteroatoms. The van der Waals surface area contributed by atoms with Crippen LogP contribution in [0.1, 0.15) is 53.6 Å². The van der Waals surface area contributed by atoms with Gasteiger partial charge in [-0.2, -0.15) is 0 Å². The van der Waals surface area contributed by atoms with Crippen LogP contribution in [0.4, 0.5) is 15.8 Å². The first-order chi connectivity index (χ1) is 18.3. The Balaban J connectivity index is 1.34. The molecular formula is C29H29FN2O6. The number of anilines is 1. The first kappa shape index (κ1) is 25.7. The van der Waals surface area contributed by atoms with Crippen LogP contribution in [-0.4, -0.2) is 24.0 Å². The zero-order chi connectivity index (χ0) is 26.8. The van der Waals surface area contributed by atoms with Crippen molar-refractivity contribution in [3.63, 3.8) is 0 Å². The molecule has 0 amide bonds. The zero-order valence-corrected chi connectivity index (χ0v) is 21.3. The largest absolute Gasteiger partial charge is 0.460 e. The van der Waals surface area contributed by atoms with E-state index in [2.05, 4.69) is 13.8 Å². The number of rotatable bonds is 6. The Morgan fingerprint density at radius 3 is 2.55 bits per heavy atom. The van der Waals surface area contributed by atoms with Crippen molar-refractivity contribution in [2.24, 2.45) is 11.8 Å². The molecule has 0 radical (unpaired) electrons. The predicted molar refractivity (Wildman–Crippen MR) is 138 cm³/mol. The van der Waals surface area contributed by atoms with E-state index in [0.29, 0.717) is 47.5 Å². The number of ether oxygens (including phenoxy) is 3. The first-order valence-electron chi connectivity index (χ1n) is 12.6. The highest BCUT2D eigenvalue weighted by Crippen LogP contribution is 2.37. The van der Waals surface area contributed by atoms with Crippen LogP contribution in [0.2, 0.25) is 0 Å². The Bertz CT molecular complexity index is 1340. The summed E-state index contributed by atoms with van der Waals surface area (Å²) in [5.74, 6) is -0.0348. The third kappa shape index (κ3) is 5.47. The highest BCUT2D eigenvalue weighted by atomic mass is 19.1. The summed E-state index contributed by atoms with van der Waals surface area (Å²) in [6, 6.07) is 16.3. The van der Waals surface area contributed by atoms with E-state index in [4.69, 9.17) is 14.2 Å². The highest BCUT2D eigenvalue weighted by molar-refractivity contribution is 5.91. The monoisotopic (exact) mass is 520 g/mol. The number of nitrogens with zero attached hydrogens (tertiary/aromatic N) is 2. The molecule has 0 unspecified atom stereocenters. The number of piperidine rings is 1. The van der Waals surface area contributed by atoms with Crippen LogP contribution in [0.3, 0.4) is 0 Å². The predicted octanol–water partition coefficient (Wildman–Crippen LogP) is 6.18. The quantitative estimate of drug-likeness (QED) is 0.218. The smallest absolute Gasteiger partial charge is 0.338 e. The van der Waals surface area contributed by atoms with Crippen molar-refractivity contribution in [2.45, 2.75) is 39.8 Å². The zero-order valence-electron chi connectivity index (χ0n) is 21.3. The summed E-state index contributed by atoms with van der Waals surface area (Å²) < 4.78 is 31.5. The molecule has 0 saturated carbocycles. The summed E-state index contributed by atoms with van der Waals surface area (Å²) in [6.07, 6.45) is 0.388. The van der Waals surface area contributed by atoms with Crippen LogP contribution in [0.15, 0.2) is 60.7 Å². The van der Waals surface area contributed by atoms with Gasteiger partial charge in [-0.25, -0.2) is 9.18 Å². The van der Waals surface area contributed by atoms with Crippen molar-refractivity contribution in [2.75, 3.05) is 18.0 Å². The van der Waals surface area contributed by atoms with E-state index in [1.54, 1.807) is 6.07 Å². The van der Waals surface area contributed by atoms with Gasteiger partial charge in [-0.3, -0.25) is 10.1 Å². The third-order valence-corrected chi connectivity index (χ3v) is 6.87. The first-order valence-corrected chi connectivity index (χ1v) is 12.6. The number of carbonyl (C=O) groups is 1. The minimum atomic E-state index is -0.746. The molecule has 1 fully saturated rings. The number of nitro benzene ring substituents is 1. The summed E-state index contributed by atoms with van der Waals surface area (Å²) >= 11 is 0. The lowest BCUT2D eigenvalue weighted by molar-refractivity contribution is -0.384. The van der Waals surface area contributed by atoms with Crippen molar-refractivity contribution in [1.82, 2.24) is 0 Å². The van der Waals surface area contributed by atoms with Gasteiger partial charge in [-0.1, -0.05) is 44.2 Å². The van der Waals surface area contributed by atoms with E-state index in [9.17, 15) is 19.3 Å². The van der Waals surface area contributed by atoms with Crippen LogP contribution < -0.4 is 9.64 Å². The number of benzene rings is 3. The lowest BCUT2D eigenvalue weighted by Gasteiger charge is -2.36. The van der Waals surface area contributed by atoms with Gasteiger partial charge in [0.05, 0.1) is 17.1 Å². The minimum Gasteiger partial charge on any atom is -0.460 e. The second kappa shape index (κ2) is 10.8. The molecule has 0 spiro atoms. The Morgan fingerprint density at radius 1 is 1.11 bits per heavy atom. The van der Waals surface area contributed by atoms with Crippen molar-refractivity contribution in [1.29, 1.82) is 0 Å². The van der Waals surface area contributed by atoms with Crippen LogP contribution in [0.5, 0.6) is 5.75 Å². The lowest BCUT2D eigenvalue weighted by Crippen LogP contribution is -2.39. The molecule has 8 nitrogen and oxygen atoms in total. The fraction of sp³-hybridized carbons (Fsp3) is 0.345. The van der Waals surface area contributed by atoms with Crippen LogP contribution in [0, 0.1) is 27.8 Å².